The van der Waals surface area contributed by atoms with Gasteiger partial charge in [-0.3, -0.25) is 9.58 Å². The van der Waals surface area contributed by atoms with Gasteiger partial charge in [-0.2, -0.15) is 5.10 Å². The van der Waals surface area contributed by atoms with Crippen LogP contribution in [0.1, 0.15) is 38.5 Å². The third-order valence-electron chi connectivity index (χ3n) is 3.62. The Bertz CT molecular complexity index is 421. The highest BCUT2D eigenvalue weighted by atomic mass is 79.9. The Kier molecular flexibility index (Phi) is 5.00. The van der Waals surface area contributed by atoms with Gasteiger partial charge in [0.25, 0.3) is 0 Å². The van der Waals surface area contributed by atoms with Crippen LogP contribution in [0.4, 0.5) is 0 Å². The van der Waals surface area contributed by atoms with Crippen LogP contribution >= 0.6 is 15.9 Å². The van der Waals surface area contributed by atoms with Crippen LogP contribution in [-0.4, -0.2) is 47.0 Å². The molecule has 5 nitrogen and oxygen atoms in total. The minimum atomic E-state index is -0.159. The third-order valence-corrected chi connectivity index (χ3v) is 4.23. The third kappa shape index (κ3) is 3.18. The van der Waals surface area contributed by atoms with Gasteiger partial charge in [-0.15, -0.1) is 0 Å². The number of hydrogen-bond donors (Lipinski definition) is 1. The van der Waals surface area contributed by atoms with Crippen LogP contribution in [0.5, 0.6) is 0 Å². The van der Waals surface area contributed by atoms with E-state index >= 15 is 0 Å². The Labute approximate surface area is 123 Å². The summed E-state index contributed by atoms with van der Waals surface area (Å²) >= 11 is 3.55. The molecule has 2 atom stereocenters. The normalized spacial score (nSPS) is 22.9. The number of nitrogens with zero attached hydrogens (tertiary/aromatic N) is 3. The zero-order valence-electron chi connectivity index (χ0n) is 11.8. The SMILES string of the molecule is CCN1CCOC(C(N)c2c(Br)cnn2C(C)C)C1. The fourth-order valence-electron chi connectivity index (χ4n) is 2.49. The van der Waals surface area contributed by atoms with Gasteiger partial charge in [0.05, 0.1) is 35.1 Å². The molecule has 2 rings (SSSR count). The number of ether oxygens (including phenoxy) is 1. The highest BCUT2D eigenvalue weighted by molar-refractivity contribution is 9.10. The van der Waals surface area contributed by atoms with E-state index in [0.29, 0.717) is 6.04 Å². The number of halogens is 1. The van der Waals surface area contributed by atoms with Crippen molar-refractivity contribution in [2.45, 2.75) is 39.0 Å². The van der Waals surface area contributed by atoms with Gasteiger partial charge >= 0.3 is 0 Å². The lowest BCUT2D eigenvalue weighted by Crippen LogP contribution is -2.47. The highest BCUT2D eigenvalue weighted by Gasteiger charge is 2.30. The lowest BCUT2D eigenvalue weighted by Gasteiger charge is -2.35. The van der Waals surface area contributed by atoms with Crippen LogP contribution in [0, 0.1) is 0 Å². The van der Waals surface area contributed by atoms with Crippen LogP contribution in [0.3, 0.4) is 0 Å². The van der Waals surface area contributed by atoms with Crippen molar-refractivity contribution in [2.24, 2.45) is 5.73 Å². The Morgan fingerprint density at radius 1 is 1.58 bits per heavy atom. The fourth-order valence-corrected chi connectivity index (χ4v) is 3.02. The molecule has 0 aliphatic carbocycles. The van der Waals surface area contributed by atoms with Gasteiger partial charge in [-0.05, 0) is 36.3 Å². The number of likely N-dealkylation sites (N-methyl/N-ethyl adjacent to an activating group) is 1. The van der Waals surface area contributed by atoms with Gasteiger partial charge in [0, 0.05) is 19.1 Å². The Morgan fingerprint density at radius 3 is 2.95 bits per heavy atom. The van der Waals surface area contributed by atoms with Crippen LogP contribution in [-0.2, 0) is 4.74 Å². The molecule has 1 aromatic rings. The summed E-state index contributed by atoms with van der Waals surface area (Å²) in [4.78, 5) is 2.37. The number of nitrogens with two attached hydrogens (primary N) is 1. The predicted octanol–water partition coefficient (Wildman–Crippen LogP) is 1.95. The summed E-state index contributed by atoms with van der Waals surface area (Å²) < 4.78 is 8.80. The molecule has 1 aliphatic heterocycles. The Morgan fingerprint density at radius 2 is 2.32 bits per heavy atom. The van der Waals surface area contributed by atoms with E-state index in [1.807, 2.05) is 10.9 Å². The Balaban J connectivity index is 2.19. The maximum absolute atomic E-state index is 6.43. The van der Waals surface area contributed by atoms with E-state index in [1.54, 1.807) is 0 Å². The van der Waals surface area contributed by atoms with Gasteiger partial charge in [-0.25, -0.2) is 0 Å². The smallest absolute Gasteiger partial charge is 0.0910 e. The van der Waals surface area contributed by atoms with E-state index in [1.165, 1.54) is 0 Å². The molecule has 1 fully saturated rings. The molecule has 0 aromatic carbocycles. The molecular formula is C13H23BrN4O. The van der Waals surface area contributed by atoms with Crippen molar-refractivity contribution >= 4 is 15.9 Å². The second-order valence-corrected chi connectivity index (χ2v) is 6.10. The summed E-state index contributed by atoms with van der Waals surface area (Å²) in [6, 6.07) is 0.131. The number of rotatable bonds is 4. The standard InChI is InChI=1S/C13H23BrN4O/c1-4-17-5-6-19-11(8-17)12(15)13-10(14)7-16-18(13)9(2)3/h7,9,11-12H,4-6,8,15H2,1-3H3. The van der Waals surface area contributed by atoms with Crippen molar-refractivity contribution in [1.29, 1.82) is 0 Å². The first-order chi connectivity index (χ1) is 9.04. The van der Waals surface area contributed by atoms with E-state index in [-0.39, 0.29) is 12.1 Å². The molecule has 1 saturated heterocycles. The van der Waals surface area contributed by atoms with Gasteiger partial charge in [0.15, 0.2) is 0 Å². The van der Waals surface area contributed by atoms with Crippen molar-refractivity contribution < 1.29 is 4.74 Å². The van der Waals surface area contributed by atoms with E-state index < -0.39 is 0 Å². The maximum atomic E-state index is 6.43. The van der Waals surface area contributed by atoms with Gasteiger partial charge in [0.2, 0.25) is 0 Å². The predicted molar refractivity (Wildman–Crippen MR) is 79.1 cm³/mol. The molecular weight excluding hydrogens is 308 g/mol. The summed E-state index contributed by atoms with van der Waals surface area (Å²) in [5, 5.41) is 4.39. The molecule has 0 saturated carbocycles. The van der Waals surface area contributed by atoms with Gasteiger partial charge in [-0.1, -0.05) is 6.92 Å². The second kappa shape index (κ2) is 6.35. The lowest BCUT2D eigenvalue weighted by molar-refractivity contribution is -0.0407. The molecule has 108 valence electrons. The van der Waals surface area contributed by atoms with Crippen LogP contribution < -0.4 is 5.73 Å². The largest absolute Gasteiger partial charge is 0.374 e. The van der Waals surface area contributed by atoms with Crippen LogP contribution in [0.25, 0.3) is 0 Å². The van der Waals surface area contributed by atoms with Crippen molar-refractivity contribution in [3.05, 3.63) is 16.4 Å². The highest BCUT2D eigenvalue weighted by Crippen LogP contribution is 2.28. The topological polar surface area (TPSA) is 56.3 Å². The number of morpholine rings is 1. The summed E-state index contributed by atoms with van der Waals surface area (Å²) in [7, 11) is 0. The zero-order valence-corrected chi connectivity index (χ0v) is 13.4. The molecule has 0 radical (unpaired) electrons. The molecule has 0 spiro atoms. The number of hydrogen-bond acceptors (Lipinski definition) is 4. The van der Waals surface area contributed by atoms with Crippen molar-refractivity contribution in [3.8, 4) is 0 Å². The summed E-state index contributed by atoms with van der Waals surface area (Å²) in [6.45, 7) is 10.0. The first-order valence-electron chi connectivity index (χ1n) is 6.87. The molecule has 2 heterocycles. The molecule has 6 heteroatoms. The minimum absolute atomic E-state index is 0.0270. The van der Waals surface area contributed by atoms with Crippen LogP contribution in [0.15, 0.2) is 10.7 Å². The second-order valence-electron chi connectivity index (χ2n) is 5.24. The first kappa shape index (κ1) is 15.0. The van der Waals surface area contributed by atoms with Crippen molar-refractivity contribution in [2.75, 3.05) is 26.2 Å². The average Bonchev–Trinajstić information content (AvgIpc) is 2.80. The Hall–Kier alpha value is -0.430. The quantitative estimate of drug-likeness (QED) is 0.916. The fraction of sp³-hybridized carbons (Fsp3) is 0.769. The molecule has 2 unspecified atom stereocenters. The van der Waals surface area contributed by atoms with E-state index in [2.05, 4.69) is 46.7 Å². The lowest BCUT2D eigenvalue weighted by atomic mass is 10.1. The molecule has 19 heavy (non-hydrogen) atoms. The van der Waals surface area contributed by atoms with Crippen molar-refractivity contribution in [3.63, 3.8) is 0 Å². The van der Waals surface area contributed by atoms with E-state index in [9.17, 15) is 0 Å². The van der Waals surface area contributed by atoms with Crippen molar-refractivity contribution in [1.82, 2.24) is 14.7 Å². The molecule has 1 aliphatic rings. The summed E-state index contributed by atoms with van der Waals surface area (Å²) in [6.07, 6.45) is 1.84. The first-order valence-corrected chi connectivity index (χ1v) is 7.66. The molecule has 2 N–H and O–H groups in total. The monoisotopic (exact) mass is 330 g/mol. The van der Waals surface area contributed by atoms with Crippen LogP contribution in [0.2, 0.25) is 0 Å². The molecule has 0 bridgehead atoms. The van der Waals surface area contributed by atoms with E-state index in [4.69, 9.17) is 10.5 Å². The molecule has 1 aromatic heterocycles. The maximum Gasteiger partial charge on any atom is 0.0910 e. The summed E-state index contributed by atoms with van der Waals surface area (Å²) in [5.74, 6) is 0. The average molecular weight is 331 g/mol. The summed E-state index contributed by atoms with van der Waals surface area (Å²) in [5.41, 5.74) is 7.45. The van der Waals surface area contributed by atoms with E-state index in [0.717, 1.165) is 36.4 Å². The zero-order chi connectivity index (χ0) is 14.0. The minimum Gasteiger partial charge on any atom is -0.374 e. The van der Waals surface area contributed by atoms with Gasteiger partial charge < -0.3 is 10.5 Å². The molecule has 0 amide bonds. The van der Waals surface area contributed by atoms with Gasteiger partial charge in [0.1, 0.15) is 0 Å². The number of aromatic nitrogens is 2.